The van der Waals surface area contributed by atoms with Crippen LogP contribution in [0.1, 0.15) is 30.6 Å². The SMILES string of the molecule is CCC(=O)c1cnc(NC(C)=O)cc1Nc1cc(F)cc(-c2ncc(P(C)(C)=O)cn2)c1OC. The van der Waals surface area contributed by atoms with E-state index in [0.717, 1.165) is 0 Å². The van der Waals surface area contributed by atoms with E-state index in [4.69, 9.17) is 4.74 Å². The summed E-state index contributed by atoms with van der Waals surface area (Å²) in [6, 6.07) is 3.92. The average molecular weight is 485 g/mol. The Morgan fingerprint density at radius 2 is 1.74 bits per heavy atom. The maximum Gasteiger partial charge on any atom is 0.222 e. The highest BCUT2D eigenvalue weighted by Gasteiger charge is 2.20. The third kappa shape index (κ3) is 5.63. The Labute approximate surface area is 196 Å². The van der Waals surface area contributed by atoms with Crippen molar-refractivity contribution in [2.75, 3.05) is 31.1 Å². The van der Waals surface area contributed by atoms with E-state index in [9.17, 15) is 18.5 Å². The van der Waals surface area contributed by atoms with Crippen molar-refractivity contribution in [1.29, 1.82) is 0 Å². The smallest absolute Gasteiger partial charge is 0.222 e. The topological polar surface area (TPSA) is 123 Å². The van der Waals surface area contributed by atoms with Gasteiger partial charge in [-0.2, -0.15) is 0 Å². The third-order valence-electron chi connectivity index (χ3n) is 4.86. The lowest BCUT2D eigenvalue weighted by molar-refractivity contribution is -0.114. The van der Waals surface area contributed by atoms with Gasteiger partial charge >= 0.3 is 0 Å². The number of nitrogens with one attached hydrogen (secondary N) is 2. The van der Waals surface area contributed by atoms with E-state index in [-0.39, 0.29) is 52.3 Å². The number of aromatic nitrogens is 3. The second-order valence-electron chi connectivity index (χ2n) is 7.85. The van der Waals surface area contributed by atoms with Gasteiger partial charge in [-0.1, -0.05) is 6.92 Å². The van der Waals surface area contributed by atoms with E-state index < -0.39 is 13.0 Å². The molecule has 0 saturated carbocycles. The number of anilines is 3. The summed E-state index contributed by atoms with van der Waals surface area (Å²) in [6.07, 6.45) is 4.46. The molecule has 0 atom stereocenters. The van der Waals surface area contributed by atoms with Crippen LogP contribution in [0.3, 0.4) is 0 Å². The Hall–Kier alpha value is -3.65. The van der Waals surface area contributed by atoms with Gasteiger partial charge in [-0.05, 0) is 19.4 Å². The Morgan fingerprint density at radius 1 is 1.06 bits per heavy atom. The van der Waals surface area contributed by atoms with Crippen molar-refractivity contribution in [2.45, 2.75) is 20.3 Å². The number of rotatable bonds is 8. The van der Waals surface area contributed by atoms with Gasteiger partial charge in [0, 0.05) is 49.4 Å². The largest absolute Gasteiger partial charge is 0.494 e. The number of carbonyl (C=O) groups is 2. The maximum atomic E-state index is 14.6. The summed E-state index contributed by atoms with van der Waals surface area (Å²) < 4.78 is 32.5. The first-order chi connectivity index (χ1) is 16.0. The summed E-state index contributed by atoms with van der Waals surface area (Å²) in [5, 5.41) is 6.09. The summed E-state index contributed by atoms with van der Waals surface area (Å²) in [4.78, 5) is 36.5. The van der Waals surface area contributed by atoms with E-state index in [0.29, 0.717) is 11.0 Å². The average Bonchev–Trinajstić information content (AvgIpc) is 2.77. The number of nitrogens with zero attached hydrogens (tertiary/aromatic N) is 3. The van der Waals surface area contributed by atoms with Gasteiger partial charge in [-0.25, -0.2) is 19.3 Å². The molecule has 0 unspecified atom stereocenters. The second-order valence-corrected chi connectivity index (χ2v) is 11.1. The molecule has 3 rings (SSSR count). The van der Waals surface area contributed by atoms with E-state index in [1.165, 1.54) is 50.8 Å². The van der Waals surface area contributed by atoms with Crippen molar-refractivity contribution in [2.24, 2.45) is 0 Å². The number of benzene rings is 1. The summed E-state index contributed by atoms with van der Waals surface area (Å²) in [5.74, 6) is -0.485. The fourth-order valence-electron chi connectivity index (χ4n) is 3.18. The molecule has 1 amide bonds. The van der Waals surface area contributed by atoms with Gasteiger partial charge in [0.15, 0.2) is 17.4 Å². The number of ether oxygens (including phenoxy) is 1. The second kappa shape index (κ2) is 10.1. The Morgan fingerprint density at radius 3 is 2.29 bits per heavy atom. The fourth-order valence-corrected chi connectivity index (χ4v) is 3.85. The van der Waals surface area contributed by atoms with Crippen LogP contribution in [0.4, 0.5) is 21.6 Å². The molecule has 2 N–H and O–H groups in total. The lowest BCUT2D eigenvalue weighted by atomic mass is 10.1. The Bertz CT molecular complexity index is 1290. The molecule has 0 aliphatic rings. The number of amides is 1. The summed E-state index contributed by atoms with van der Waals surface area (Å²) >= 11 is 0. The standard InChI is InChI=1S/C23H25FN5O4P/c1-6-20(31)17-12-25-21(28-13(2)30)9-18(17)29-19-8-14(24)7-16(22(19)33-3)23-26-10-15(11-27-23)34(4,5)32/h7-12H,6H2,1-5H3,(H2,25,28,29,30). The minimum absolute atomic E-state index is 0.176. The lowest BCUT2D eigenvalue weighted by Gasteiger charge is -2.17. The zero-order chi connectivity index (χ0) is 25.0. The molecule has 9 nitrogen and oxygen atoms in total. The van der Waals surface area contributed by atoms with Gasteiger partial charge in [0.25, 0.3) is 0 Å². The number of halogens is 1. The fraction of sp³-hybridized carbons (Fsp3) is 0.261. The molecule has 3 aromatic rings. The van der Waals surface area contributed by atoms with Gasteiger partial charge in [-0.15, -0.1) is 0 Å². The van der Waals surface area contributed by atoms with Crippen molar-refractivity contribution >= 4 is 41.3 Å². The quantitative estimate of drug-likeness (QED) is 0.359. The van der Waals surface area contributed by atoms with E-state index >= 15 is 0 Å². The minimum atomic E-state index is -2.56. The predicted octanol–water partition coefficient (Wildman–Crippen LogP) is 4.23. The van der Waals surface area contributed by atoms with Gasteiger partial charge < -0.3 is 19.9 Å². The molecule has 0 aliphatic heterocycles. The van der Waals surface area contributed by atoms with Crippen LogP contribution in [0, 0.1) is 5.82 Å². The van der Waals surface area contributed by atoms with Crippen molar-refractivity contribution in [3.8, 4) is 17.1 Å². The molecule has 11 heteroatoms. The predicted molar refractivity (Wildman–Crippen MR) is 130 cm³/mol. The first kappa shape index (κ1) is 25.0. The molecular weight excluding hydrogens is 460 g/mol. The summed E-state index contributed by atoms with van der Waals surface area (Å²) in [5.41, 5.74) is 1.06. The Balaban J connectivity index is 2.11. The number of hydrogen-bond donors (Lipinski definition) is 2. The Kier molecular flexibility index (Phi) is 7.41. The number of hydrogen-bond acceptors (Lipinski definition) is 8. The number of pyridine rings is 1. The summed E-state index contributed by atoms with van der Waals surface area (Å²) in [6.45, 7) is 6.26. The lowest BCUT2D eigenvalue weighted by Crippen LogP contribution is -2.11. The number of carbonyl (C=O) groups excluding carboxylic acids is 2. The highest BCUT2D eigenvalue weighted by molar-refractivity contribution is 7.70. The summed E-state index contributed by atoms with van der Waals surface area (Å²) in [7, 11) is -1.14. The minimum Gasteiger partial charge on any atom is -0.494 e. The first-order valence-corrected chi connectivity index (χ1v) is 13.0. The maximum absolute atomic E-state index is 14.6. The molecule has 0 saturated heterocycles. The first-order valence-electron chi connectivity index (χ1n) is 10.4. The zero-order valence-corrected chi connectivity index (χ0v) is 20.4. The molecular formula is C23H25FN5O4P. The van der Waals surface area contributed by atoms with Crippen LogP contribution in [0.25, 0.3) is 11.4 Å². The van der Waals surface area contributed by atoms with Gasteiger partial charge in [0.1, 0.15) is 18.8 Å². The van der Waals surface area contributed by atoms with Crippen molar-refractivity contribution in [3.63, 3.8) is 0 Å². The molecule has 178 valence electrons. The van der Waals surface area contributed by atoms with Crippen molar-refractivity contribution in [3.05, 3.63) is 48.2 Å². The van der Waals surface area contributed by atoms with Crippen LogP contribution in [0.15, 0.2) is 36.8 Å². The number of methoxy groups -OCH3 is 1. The molecule has 0 bridgehead atoms. The highest BCUT2D eigenvalue weighted by Crippen LogP contribution is 2.39. The molecule has 0 spiro atoms. The molecule has 34 heavy (non-hydrogen) atoms. The van der Waals surface area contributed by atoms with Crippen LogP contribution in [-0.4, -0.2) is 47.1 Å². The van der Waals surface area contributed by atoms with E-state index in [1.807, 2.05) is 0 Å². The molecule has 2 heterocycles. The molecule has 0 aliphatic carbocycles. The number of ketones is 1. The molecule has 0 radical (unpaired) electrons. The van der Waals surface area contributed by atoms with Crippen molar-refractivity contribution < 1.29 is 23.3 Å². The van der Waals surface area contributed by atoms with Crippen LogP contribution >= 0.6 is 7.14 Å². The van der Waals surface area contributed by atoms with Crippen LogP contribution in [-0.2, 0) is 9.36 Å². The van der Waals surface area contributed by atoms with Crippen LogP contribution in [0.2, 0.25) is 0 Å². The zero-order valence-electron chi connectivity index (χ0n) is 19.5. The van der Waals surface area contributed by atoms with E-state index in [2.05, 4.69) is 25.6 Å². The molecule has 1 aromatic carbocycles. The van der Waals surface area contributed by atoms with E-state index in [1.54, 1.807) is 20.3 Å². The van der Waals surface area contributed by atoms with Gasteiger partial charge in [-0.3, -0.25) is 9.59 Å². The van der Waals surface area contributed by atoms with Crippen molar-refractivity contribution in [1.82, 2.24) is 15.0 Å². The monoisotopic (exact) mass is 485 g/mol. The van der Waals surface area contributed by atoms with Crippen LogP contribution in [0.5, 0.6) is 5.75 Å². The van der Waals surface area contributed by atoms with Gasteiger partial charge in [0.05, 0.1) is 29.6 Å². The normalized spacial score (nSPS) is 11.1. The molecule has 0 fully saturated rings. The van der Waals surface area contributed by atoms with Gasteiger partial charge in [0.2, 0.25) is 5.91 Å². The van der Waals surface area contributed by atoms with Crippen LogP contribution < -0.4 is 20.7 Å². The third-order valence-corrected chi connectivity index (χ3v) is 6.33. The molecule has 2 aromatic heterocycles. The highest BCUT2D eigenvalue weighted by atomic mass is 31.2. The number of Topliss-reactive ketones (excluding diaryl/α,β-unsaturated/α-hetero) is 1.